The maximum Gasteiger partial charge on any atom is 0.298 e. The van der Waals surface area contributed by atoms with Crippen LogP contribution < -0.4 is 0 Å². The van der Waals surface area contributed by atoms with Crippen molar-refractivity contribution in [3.05, 3.63) is 6.29 Å². The molecule has 0 spiro atoms. The van der Waals surface area contributed by atoms with E-state index in [0.717, 1.165) is 12.7 Å². The van der Waals surface area contributed by atoms with E-state index in [4.69, 9.17) is 9.78 Å². The van der Waals surface area contributed by atoms with Crippen LogP contribution in [0.25, 0.3) is 0 Å². The molecule has 2 heteroatoms. The van der Waals surface area contributed by atoms with Crippen molar-refractivity contribution in [2.45, 2.75) is 65.7 Å². The summed E-state index contributed by atoms with van der Waals surface area (Å²) in [5.74, 6) is 0. The van der Waals surface area contributed by atoms with E-state index in [2.05, 4.69) is 20.8 Å². The van der Waals surface area contributed by atoms with Crippen LogP contribution >= 0.6 is 0 Å². The Morgan fingerprint density at radius 3 is 1.71 bits per heavy atom. The van der Waals surface area contributed by atoms with Gasteiger partial charge >= 0.3 is 0 Å². The normalized spacial score (nSPS) is 17.4. The van der Waals surface area contributed by atoms with Crippen LogP contribution in [0.15, 0.2) is 0 Å². The van der Waals surface area contributed by atoms with Crippen molar-refractivity contribution in [2.75, 3.05) is 0 Å². The van der Waals surface area contributed by atoms with Crippen LogP contribution in [0.3, 0.4) is 0 Å². The molecule has 0 aromatic rings. The third kappa shape index (κ3) is 2.96. The quantitative estimate of drug-likeness (QED) is 0.432. The van der Waals surface area contributed by atoms with Crippen LogP contribution in [0.1, 0.15) is 65.7 Å². The van der Waals surface area contributed by atoms with Crippen molar-refractivity contribution in [1.82, 2.24) is 0 Å². The fourth-order valence-corrected chi connectivity index (χ4v) is 2.05. The summed E-state index contributed by atoms with van der Waals surface area (Å²) < 4.78 is 0. The Labute approximate surface area is 87.9 Å². The van der Waals surface area contributed by atoms with Gasteiger partial charge in [-0.2, -0.15) is 9.78 Å². The summed E-state index contributed by atoms with van der Waals surface area (Å²) in [6.45, 7) is 6.71. The lowest BCUT2D eigenvalue weighted by Crippen LogP contribution is -2.22. The fraction of sp³-hybridized carbons (Fsp3) is 0.917. The maximum absolute atomic E-state index is 4.98. The summed E-state index contributed by atoms with van der Waals surface area (Å²) in [5.41, 5.74) is 0.228. The first-order chi connectivity index (χ1) is 6.79. The molecule has 83 valence electrons. The summed E-state index contributed by atoms with van der Waals surface area (Å²) >= 11 is 0. The van der Waals surface area contributed by atoms with Gasteiger partial charge in [-0.1, -0.05) is 46.5 Å². The zero-order valence-electron chi connectivity index (χ0n) is 9.77. The molecule has 1 saturated heterocycles. The molecule has 1 aliphatic rings. The molecule has 0 unspecified atom stereocenters. The molecule has 0 bridgehead atoms. The molecule has 0 aliphatic carbocycles. The summed E-state index contributed by atoms with van der Waals surface area (Å²) in [6, 6.07) is 0. The molecule has 14 heavy (non-hydrogen) atoms. The molecule has 1 heterocycles. The SMILES string of the molecule is CCCCC(CC)(CCCC)[C]1OO1. The molecule has 2 nitrogen and oxygen atoms in total. The molecule has 0 aromatic heterocycles. The van der Waals surface area contributed by atoms with Crippen molar-refractivity contribution in [1.29, 1.82) is 0 Å². The predicted molar refractivity (Wildman–Crippen MR) is 57.2 cm³/mol. The third-order valence-electron chi connectivity index (χ3n) is 3.29. The molecular formula is C12H23O2. The molecule has 0 aromatic carbocycles. The Balaban J connectivity index is 2.45. The summed E-state index contributed by atoms with van der Waals surface area (Å²) in [4.78, 5) is 9.95. The van der Waals surface area contributed by atoms with E-state index in [9.17, 15) is 0 Å². The first-order valence-electron chi connectivity index (χ1n) is 6.01. The fourth-order valence-electron chi connectivity index (χ4n) is 2.05. The van der Waals surface area contributed by atoms with Gasteiger partial charge in [-0.05, 0) is 19.3 Å². The average Bonchev–Trinajstić information content (AvgIpc) is 3.03. The summed E-state index contributed by atoms with van der Waals surface area (Å²) in [7, 11) is 0. The standard InChI is InChI=1S/C12H23O2/c1-4-7-9-12(6-3,10-8-5-2)11-13-14-11/h4-10H2,1-3H3. The van der Waals surface area contributed by atoms with E-state index >= 15 is 0 Å². The topological polar surface area (TPSA) is 25.1 Å². The van der Waals surface area contributed by atoms with Crippen LogP contribution in [0.5, 0.6) is 0 Å². The van der Waals surface area contributed by atoms with E-state index < -0.39 is 0 Å². The highest BCUT2D eigenvalue weighted by atomic mass is 17.4. The van der Waals surface area contributed by atoms with Crippen molar-refractivity contribution in [3.63, 3.8) is 0 Å². The lowest BCUT2D eigenvalue weighted by molar-refractivity contribution is 0.0850. The average molecular weight is 199 g/mol. The monoisotopic (exact) mass is 199 g/mol. The Morgan fingerprint density at radius 1 is 0.929 bits per heavy atom. The Morgan fingerprint density at radius 2 is 1.43 bits per heavy atom. The van der Waals surface area contributed by atoms with Crippen molar-refractivity contribution >= 4 is 0 Å². The van der Waals surface area contributed by atoms with Crippen LogP contribution in [-0.4, -0.2) is 0 Å². The lowest BCUT2D eigenvalue weighted by atomic mass is 9.76. The second-order valence-corrected chi connectivity index (χ2v) is 4.30. The van der Waals surface area contributed by atoms with Crippen molar-refractivity contribution < 1.29 is 9.78 Å². The van der Waals surface area contributed by atoms with Gasteiger partial charge in [0.15, 0.2) is 0 Å². The van der Waals surface area contributed by atoms with E-state index in [1.54, 1.807) is 0 Å². The predicted octanol–water partition coefficient (Wildman–Crippen LogP) is 4.21. The highest BCUT2D eigenvalue weighted by molar-refractivity contribution is 4.95. The minimum atomic E-state index is 0.228. The second kappa shape index (κ2) is 5.72. The highest BCUT2D eigenvalue weighted by Gasteiger charge is 2.49. The molecule has 1 aliphatic heterocycles. The number of hydrogen-bond acceptors (Lipinski definition) is 2. The minimum absolute atomic E-state index is 0.228. The molecule has 0 atom stereocenters. The first kappa shape index (κ1) is 12.0. The molecule has 1 radical (unpaired) electrons. The van der Waals surface area contributed by atoms with E-state index in [1.807, 2.05) is 0 Å². The van der Waals surface area contributed by atoms with Crippen molar-refractivity contribution in [2.24, 2.45) is 5.41 Å². The molecule has 0 amide bonds. The molecule has 1 rings (SSSR count). The van der Waals surface area contributed by atoms with Gasteiger partial charge in [0.05, 0.1) is 0 Å². The van der Waals surface area contributed by atoms with Crippen molar-refractivity contribution in [3.8, 4) is 0 Å². The Hall–Kier alpha value is -0.0800. The van der Waals surface area contributed by atoms with Gasteiger partial charge in [-0.15, -0.1) is 0 Å². The van der Waals surface area contributed by atoms with Gasteiger partial charge in [-0.3, -0.25) is 0 Å². The molecule has 1 fully saturated rings. The zero-order chi connectivity index (χ0) is 10.4. The number of rotatable bonds is 8. The van der Waals surface area contributed by atoms with Gasteiger partial charge in [0.25, 0.3) is 6.29 Å². The third-order valence-corrected chi connectivity index (χ3v) is 3.29. The second-order valence-electron chi connectivity index (χ2n) is 4.30. The molecule has 0 saturated carbocycles. The van der Waals surface area contributed by atoms with Crippen LogP contribution in [0, 0.1) is 11.7 Å². The summed E-state index contributed by atoms with van der Waals surface area (Å²) in [5, 5.41) is 0. The lowest BCUT2D eigenvalue weighted by Gasteiger charge is -2.27. The smallest absolute Gasteiger partial charge is 0.188 e. The van der Waals surface area contributed by atoms with E-state index in [1.165, 1.54) is 38.5 Å². The van der Waals surface area contributed by atoms with Gasteiger partial charge in [0.2, 0.25) is 0 Å². The largest absolute Gasteiger partial charge is 0.298 e. The molecule has 0 N–H and O–H groups in total. The first-order valence-corrected chi connectivity index (χ1v) is 6.01. The Bertz CT molecular complexity index is 144. The summed E-state index contributed by atoms with van der Waals surface area (Å²) in [6.07, 6.45) is 9.53. The van der Waals surface area contributed by atoms with Gasteiger partial charge in [0.1, 0.15) is 0 Å². The number of hydrogen-bond donors (Lipinski definition) is 0. The maximum atomic E-state index is 4.98. The zero-order valence-corrected chi connectivity index (χ0v) is 9.77. The minimum Gasteiger partial charge on any atom is -0.188 e. The molecular weight excluding hydrogens is 176 g/mol. The van der Waals surface area contributed by atoms with Gasteiger partial charge in [0, 0.05) is 5.41 Å². The van der Waals surface area contributed by atoms with Gasteiger partial charge in [-0.25, -0.2) is 0 Å². The van der Waals surface area contributed by atoms with Crippen LogP contribution in [0.4, 0.5) is 0 Å². The number of unbranched alkanes of at least 4 members (excludes halogenated alkanes) is 2. The van der Waals surface area contributed by atoms with Crippen LogP contribution in [0.2, 0.25) is 0 Å². The Kier molecular flexibility index (Phi) is 4.90. The van der Waals surface area contributed by atoms with Gasteiger partial charge < -0.3 is 0 Å². The van der Waals surface area contributed by atoms with E-state index in [-0.39, 0.29) is 5.41 Å². The van der Waals surface area contributed by atoms with E-state index in [0.29, 0.717) is 0 Å². The van der Waals surface area contributed by atoms with Crippen LogP contribution in [-0.2, 0) is 9.78 Å². The highest BCUT2D eigenvalue weighted by Crippen LogP contribution is 2.51.